The number of aliphatic carboxylic acids is 1. The Morgan fingerprint density at radius 2 is 1.74 bits per heavy atom. The summed E-state index contributed by atoms with van der Waals surface area (Å²) >= 11 is 0. The van der Waals surface area contributed by atoms with Gasteiger partial charge in [0.1, 0.15) is 5.75 Å². The second-order valence-electron chi connectivity index (χ2n) is 10.4. The van der Waals surface area contributed by atoms with Crippen molar-refractivity contribution in [2.45, 2.75) is 66.4 Å². The number of nitrogens with zero attached hydrogens (tertiary/aromatic N) is 2. The molecular weight excluding hydrogens is 442 g/mol. The third-order valence-corrected chi connectivity index (χ3v) is 5.65. The molecule has 8 heteroatoms. The predicted molar refractivity (Wildman–Crippen MR) is 129 cm³/mol. The highest BCUT2D eigenvalue weighted by molar-refractivity contribution is 5.85. The van der Waals surface area contributed by atoms with Gasteiger partial charge in [-0.3, -0.25) is 9.78 Å². The minimum absolute atomic E-state index is 0.0147. The van der Waals surface area contributed by atoms with Gasteiger partial charge < -0.3 is 19.8 Å². The number of hydrogen-bond donors (Lipinski definition) is 2. The maximum Gasteiger partial charge on any atom is 0.307 e. The lowest BCUT2D eigenvalue weighted by Crippen LogP contribution is -2.38. The van der Waals surface area contributed by atoms with E-state index in [1.54, 1.807) is 27.7 Å². The van der Waals surface area contributed by atoms with Crippen molar-refractivity contribution in [1.82, 2.24) is 4.98 Å². The van der Waals surface area contributed by atoms with E-state index < -0.39 is 23.2 Å². The van der Waals surface area contributed by atoms with E-state index in [0.29, 0.717) is 35.6 Å². The van der Waals surface area contributed by atoms with Crippen LogP contribution in [0.25, 0.3) is 11.1 Å². The first-order valence-corrected chi connectivity index (χ1v) is 11.3. The lowest BCUT2D eigenvalue weighted by Gasteiger charge is -2.40. The fraction of sp³-hybridized carbons (Fsp3) is 0.538. The summed E-state index contributed by atoms with van der Waals surface area (Å²) in [4.78, 5) is 17.9. The number of pyridine rings is 1. The highest BCUT2D eigenvalue weighted by Crippen LogP contribution is 2.41. The zero-order valence-electron chi connectivity index (χ0n) is 21.1. The maximum atomic E-state index is 14.8. The monoisotopic (exact) mass is 478 g/mol. The SMILES string of the molecule is CC(C)(C)O.COc1cc(F)c(F)c(-c2cnc(C)c(CC(=O)O)c2N2CCC(C)(C)CC2)c1. The van der Waals surface area contributed by atoms with Crippen molar-refractivity contribution in [3.05, 3.63) is 41.2 Å². The fourth-order valence-corrected chi connectivity index (χ4v) is 3.77. The van der Waals surface area contributed by atoms with Crippen LogP contribution in [0.4, 0.5) is 14.5 Å². The molecule has 1 aromatic heterocycles. The molecule has 0 radical (unpaired) electrons. The van der Waals surface area contributed by atoms with Gasteiger partial charge in [0.15, 0.2) is 11.6 Å². The highest BCUT2D eigenvalue weighted by atomic mass is 19.2. The van der Waals surface area contributed by atoms with Gasteiger partial charge in [0.2, 0.25) is 0 Å². The molecule has 2 heterocycles. The minimum Gasteiger partial charge on any atom is -0.497 e. The summed E-state index contributed by atoms with van der Waals surface area (Å²) in [6, 6.07) is 2.41. The smallest absolute Gasteiger partial charge is 0.307 e. The van der Waals surface area contributed by atoms with Crippen LogP contribution < -0.4 is 9.64 Å². The number of methoxy groups -OCH3 is 1. The van der Waals surface area contributed by atoms with Crippen molar-refractivity contribution in [3.8, 4) is 16.9 Å². The van der Waals surface area contributed by atoms with E-state index in [-0.39, 0.29) is 23.1 Å². The Bertz CT molecular complexity index is 1020. The van der Waals surface area contributed by atoms with Gasteiger partial charge in [0, 0.05) is 47.7 Å². The quantitative estimate of drug-likeness (QED) is 0.601. The lowest BCUT2D eigenvalue weighted by atomic mass is 9.82. The van der Waals surface area contributed by atoms with E-state index in [4.69, 9.17) is 9.84 Å². The van der Waals surface area contributed by atoms with Crippen LogP contribution >= 0.6 is 0 Å². The van der Waals surface area contributed by atoms with Crippen LogP contribution in [0.1, 0.15) is 58.7 Å². The molecule has 0 bridgehead atoms. The van der Waals surface area contributed by atoms with Crippen LogP contribution in [-0.4, -0.2) is 47.0 Å². The normalized spacial score (nSPS) is 15.4. The maximum absolute atomic E-state index is 14.8. The standard InChI is InChI=1S/C22H26F2N2O3.C4H10O/c1-13-15(11-19(27)28)21(26-7-5-22(2,3)6-8-26)17(12-25-13)16-9-14(29-4)10-18(23)20(16)24;1-4(2,3)5/h9-10,12H,5-8,11H2,1-4H3,(H,27,28);5H,1-3H3. The Labute approximate surface area is 200 Å². The van der Waals surface area contributed by atoms with E-state index in [0.717, 1.165) is 18.9 Å². The number of halogens is 2. The molecule has 1 aliphatic rings. The summed E-state index contributed by atoms with van der Waals surface area (Å²) in [5, 5.41) is 18.0. The van der Waals surface area contributed by atoms with E-state index in [1.165, 1.54) is 19.4 Å². The molecule has 2 N–H and O–H groups in total. The van der Waals surface area contributed by atoms with Crippen molar-refractivity contribution >= 4 is 11.7 Å². The summed E-state index contributed by atoms with van der Waals surface area (Å²) in [5.41, 5.74) is 1.78. The summed E-state index contributed by atoms with van der Waals surface area (Å²) in [6.45, 7) is 12.7. The van der Waals surface area contributed by atoms with Crippen molar-refractivity contribution in [1.29, 1.82) is 0 Å². The Hall–Kier alpha value is -2.74. The summed E-state index contributed by atoms with van der Waals surface area (Å²) in [5.74, 6) is -2.84. The molecule has 1 aliphatic heterocycles. The number of carboxylic acids is 1. The Morgan fingerprint density at radius 3 is 2.24 bits per heavy atom. The summed E-state index contributed by atoms with van der Waals surface area (Å²) < 4.78 is 34.1. The fourth-order valence-electron chi connectivity index (χ4n) is 3.77. The molecule has 1 fully saturated rings. The molecule has 1 saturated heterocycles. The van der Waals surface area contributed by atoms with Gasteiger partial charge in [-0.15, -0.1) is 0 Å². The zero-order chi connectivity index (χ0) is 25.8. The number of anilines is 1. The number of carboxylic acid groups (broad SMARTS) is 1. The number of piperidine rings is 1. The highest BCUT2D eigenvalue weighted by Gasteiger charge is 2.30. The third-order valence-electron chi connectivity index (χ3n) is 5.65. The number of ether oxygens (including phenoxy) is 1. The molecule has 3 rings (SSSR count). The average molecular weight is 479 g/mol. The van der Waals surface area contributed by atoms with E-state index >= 15 is 0 Å². The largest absolute Gasteiger partial charge is 0.497 e. The van der Waals surface area contributed by atoms with Crippen LogP contribution in [0.3, 0.4) is 0 Å². The molecule has 34 heavy (non-hydrogen) atoms. The summed E-state index contributed by atoms with van der Waals surface area (Å²) in [6.07, 6.45) is 3.08. The van der Waals surface area contributed by atoms with Gasteiger partial charge in [-0.25, -0.2) is 8.78 Å². The van der Waals surface area contributed by atoms with Crippen LogP contribution in [0.5, 0.6) is 5.75 Å². The first kappa shape index (κ1) is 27.5. The Kier molecular flexibility index (Phi) is 8.64. The molecule has 188 valence electrons. The van der Waals surface area contributed by atoms with Crippen LogP contribution in [0.15, 0.2) is 18.3 Å². The van der Waals surface area contributed by atoms with Gasteiger partial charge in [-0.1, -0.05) is 13.8 Å². The van der Waals surface area contributed by atoms with Crippen molar-refractivity contribution < 1.29 is 28.5 Å². The molecular formula is C26H36F2N2O4. The zero-order valence-corrected chi connectivity index (χ0v) is 21.1. The number of rotatable bonds is 5. The topological polar surface area (TPSA) is 82.9 Å². The first-order valence-electron chi connectivity index (χ1n) is 11.3. The summed E-state index contributed by atoms with van der Waals surface area (Å²) in [7, 11) is 1.38. The average Bonchev–Trinajstić information content (AvgIpc) is 2.70. The molecule has 0 unspecified atom stereocenters. The first-order chi connectivity index (χ1) is 15.6. The Morgan fingerprint density at radius 1 is 1.18 bits per heavy atom. The van der Waals surface area contributed by atoms with Crippen molar-refractivity contribution in [2.24, 2.45) is 5.41 Å². The molecule has 0 atom stereocenters. The predicted octanol–water partition coefficient (Wildman–Crippen LogP) is 5.37. The molecule has 2 aromatic rings. The number of hydrogen-bond acceptors (Lipinski definition) is 5. The van der Waals surface area contributed by atoms with Crippen LogP contribution in [0.2, 0.25) is 0 Å². The number of aryl methyl sites for hydroxylation is 1. The second-order valence-corrected chi connectivity index (χ2v) is 10.4. The molecule has 6 nitrogen and oxygen atoms in total. The van der Waals surface area contributed by atoms with Gasteiger partial charge >= 0.3 is 5.97 Å². The molecule has 0 spiro atoms. The van der Waals surface area contributed by atoms with Gasteiger partial charge in [-0.2, -0.15) is 0 Å². The van der Waals surface area contributed by atoms with Crippen LogP contribution in [-0.2, 0) is 11.2 Å². The number of benzene rings is 1. The lowest BCUT2D eigenvalue weighted by molar-refractivity contribution is -0.136. The minimum atomic E-state index is -1.02. The molecule has 1 aromatic carbocycles. The molecule has 0 aliphatic carbocycles. The molecule has 0 saturated carbocycles. The van der Waals surface area contributed by atoms with E-state index in [1.807, 2.05) is 0 Å². The molecule has 0 amide bonds. The van der Waals surface area contributed by atoms with Gasteiger partial charge in [0.25, 0.3) is 0 Å². The van der Waals surface area contributed by atoms with Gasteiger partial charge in [0.05, 0.1) is 24.8 Å². The second kappa shape index (κ2) is 10.7. The number of aliphatic hydroxyl groups is 1. The number of carbonyl (C=O) groups is 1. The van der Waals surface area contributed by atoms with E-state index in [9.17, 15) is 18.7 Å². The Balaban J connectivity index is 0.000000739. The van der Waals surface area contributed by atoms with Crippen LogP contribution in [0, 0.1) is 24.0 Å². The van der Waals surface area contributed by atoms with Crippen molar-refractivity contribution in [3.63, 3.8) is 0 Å². The number of aromatic nitrogens is 1. The van der Waals surface area contributed by atoms with E-state index in [2.05, 4.69) is 23.7 Å². The third kappa shape index (κ3) is 7.38. The van der Waals surface area contributed by atoms with Gasteiger partial charge in [-0.05, 0) is 52.0 Å². The van der Waals surface area contributed by atoms with Crippen molar-refractivity contribution in [2.75, 3.05) is 25.1 Å².